The van der Waals surface area contributed by atoms with Crippen molar-refractivity contribution in [3.8, 4) is 0 Å². The minimum Gasteiger partial charge on any atom is -0.383 e. The lowest BCUT2D eigenvalue weighted by Gasteiger charge is -2.09. The Hall–Kier alpha value is -0.540. The van der Waals surface area contributed by atoms with Crippen molar-refractivity contribution < 1.29 is 0 Å². The van der Waals surface area contributed by atoms with Gasteiger partial charge >= 0.3 is 0 Å². The molecule has 0 aromatic heterocycles. The molecule has 3 heteroatoms. The summed E-state index contributed by atoms with van der Waals surface area (Å²) in [5.74, 6) is 0. The normalized spacial score (nSPS) is 32.9. The maximum absolute atomic E-state index is 6.02. The fourth-order valence-electron chi connectivity index (χ4n) is 2.50. The van der Waals surface area contributed by atoms with Crippen LogP contribution in [-0.2, 0) is 5.41 Å². The molecule has 1 aromatic carbocycles. The van der Waals surface area contributed by atoms with E-state index in [4.69, 9.17) is 5.73 Å². The van der Waals surface area contributed by atoms with Gasteiger partial charge in [-0.15, -0.1) is 0 Å². The number of nitrogens with one attached hydrogen (secondary N) is 1. The Morgan fingerprint density at radius 2 is 2.29 bits per heavy atom. The van der Waals surface area contributed by atoms with E-state index < -0.39 is 0 Å². The Balaban J connectivity index is 2.20. The molecule has 74 valence electrons. The molecule has 2 nitrogen and oxygen atoms in total. The van der Waals surface area contributed by atoms with Crippen LogP contribution in [0.4, 0.5) is 5.69 Å². The molecule has 2 atom stereocenters. The first-order valence-corrected chi connectivity index (χ1v) is 5.73. The van der Waals surface area contributed by atoms with Crippen molar-refractivity contribution in [2.24, 2.45) is 5.73 Å². The van der Waals surface area contributed by atoms with Gasteiger partial charge in [0.25, 0.3) is 0 Å². The summed E-state index contributed by atoms with van der Waals surface area (Å²) in [4.78, 5) is 0. The average molecular weight is 253 g/mol. The Labute approximate surface area is 92.0 Å². The van der Waals surface area contributed by atoms with Crippen LogP contribution in [0.15, 0.2) is 16.6 Å². The standard InChI is InChI=1S/C11H13BrN2/c1-6-2-7-10(8(12)3-6)14-5-11(7)4-9(11)13/h2-3,9,14H,4-5,13H2,1H3. The molecule has 1 aliphatic carbocycles. The number of nitrogens with two attached hydrogens (primary N) is 1. The highest BCUT2D eigenvalue weighted by Crippen LogP contribution is 2.55. The van der Waals surface area contributed by atoms with Crippen LogP contribution in [0.2, 0.25) is 0 Å². The van der Waals surface area contributed by atoms with E-state index in [1.807, 2.05) is 0 Å². The third kappa shape index (κ3) is 0.943. The van der Waals surface area contributed by atoms with E-state index >= 15 is 0 Å². The molecular formula is C11H13BrN2. The highest BCUT2D eigenvalue weighted by molar-refractivity contribution is 9.10. The SMILES string of the molecule is Cc1cc(Br)c2c(c1)C1(CN2)CC1N. The molecule has 2 aliphatic rings. The molecule has 0 radical (unpaired) electrons. The van der Waals surface area contributed by atoms with Crippen LogP contribution in [0.5, 0.6) is 0 Å². The fourth-order valence-corrected chi connectivity index (χ4v) is 3.22. The van der Waals surface area contributed by atoms with Crippen molar-refractivity contribution in [2.75, 3.05) is 11.9 Å². The highest BCUT2D eigenvalue weighted by atomic mass is 79.9. The number of benzene rings is 1. The second-order valence-corrected chi connectivity index (χ2v) is 5.34. The molecule has 1 fully saturated rings. The minimum absolute atomic E-state index is 0.254. The van der Waals surface area contributed by atoms with Gasteiger partial charge in [0.15, 0.2) is 0 Å². The molecular weight excluding hydrogens is 240 g/mol. The van der Waals surface area contributed by atoms with Crippen molar-refractivity contribution >= 4 is 21.6 Å². The van der Waals surface area contributed by atoms with Crippen molar-refractivity contribution in [1.82, 2.24) is 0 Å². The zero-order chi connectivity index (χ0) is 9.92. The summed E-state index contributed by atoms with van der Waals surface area (Å²) in [6.45, 7) is 3.14. The maximum Gasteiger partial charge on any atom is 0.0524 e. The van der Waals surface area contributed by atoms with Crippen LogP contribution in [-0.4, -0.2) is 12.6 Å². The van der Waals surface area contributed by atoms with Crippen molar-refractivity contribution in [3.05, 3.63) is 27.7 Å². The summed E-state index contributed by atoms with van der Waals surface area (Å²) >= 11 is 3.59. The maximum atomic E-state index is 6.02. The molecule has 0 bridgehead atoms. The molecule has 14 heavy (non-hydrogen) atoms. The van der Waals surface area contributed by atoms with Gasteiger partial charge in [0.05, 0.1) is 5.69 Å². The molecule has 1 heterocycles. The van der Waals surface area contributed by atoms with Crippen LogP contribution in [0.1, 0.15) is 17.5 Å². The lowest BCUT2D eigenvalue weighted by molar-refractivity contribution is 0.733. The Kier molecular flexibility index (Phi) is 1.58. The molecule has 3 N–H and O–H groups in total. The van der Waals surface area contributed by atoms with Gasteiger partial charge in [-0.3, -0.25) is 0 Å². The van der Waals surface area contributed by atoms with E-state index in [9.17, 15) is 0 Å². The van der Waals surface area contributed by atoms with Crippen LogP contribution < -0.4 is 11.1 Å². The molecule has 1 aromatic rings. The molecule has 1 saturated carbocycles. The Morgan fingerprint density at radius 3 is 2.93 bits per heavy atom. The van der Waals surface area contributed by atoms with Gasteiger partial charge in [-0.25, -0.2) is 0 Å². The van der Waals surface area contributed by atoms with Gasteiger partial charge in [0.2, 0.25) is 0 Å². The predicted octanol–water partition coefficient (Wildman–Crippen LogP) is 2.15. The third-order valence-corrected chi connectivity index (χ3v) is 4.11. The number of anilines is 1. The lowest BCUT2D eigenvalue weighted by Crippen LogP contribution is -2.20. The second kappa shape index (κ2) is 2.52. The molecule has 2 unspecified atom stereocenters. The van der Waals surface area contributed by atoms with Crippen molar-refractivity contribution in [3.63, 3.8) is 0 Å². The van der Waals surface area contributed by atoms with Gasteiger partial charge in [0.1, 0.15) is 0 Å². The van der Waals surface area contributed by atoms with Crippen molar-refractivity contribution in [2.45, 2.75) is 24.8 Å². The number of fused-ring (bicyclic) bond motifs is 2. The van der Waals surface area contributed by atoms with Crippen LogP contribution in [0, 0.1) is 6.92 Å². The van der Waals surface area contributed by atoms with E-state index in [1.54, 1.807) is 0 Å². The van der Waals surface area contributed by atoms with Gasteiger partial charge in [0, 0.05) is 22.5 Å². The average Bonchev–Trinajstić information content (AvgIpc) is 2.59. The smallest absolute Gasteiger partial charge is 0.0524 e. The van der Waals surface area contributed by atoms with E-state index in [1.165, 1.54) is 21.3 Å². The zero-order valence-corrected chi connectivity index (χ0v) is 9.69. The van der Waals surface area contributed by atoms with Crippen LogP contribution in [0.25, 0.3) is 0 Å². The largest absolute Gasteiger partial charge is 0.383 e. The third-order valence-electron chi connectivity index (χ3n) is 3.49. The number of halogens is 1. The van der Waals surface area contributed by atoms with E-state index in [2.05, 4.69) is 40.3 Å². The summed E-state index contributed by atoms with van der Waals surface area (Å²) in [5.41, 5.74) is 10.2. The molecule has 0 amide bonds. The van der Waals surface area contributed by atoms with Crippen molar-refractivity contribution in [1.29, 1.82) is 0 Å². The minimum atomic E-state index is 0.254. The summed E-state index contributed by atoms with van der Waals surface area (Å²) in [7, 11) is 0. The number of hydrogen-bond donors (Lipinski definition) is 2. The summed E-state index contributed by atoms with van der Waals surface area (Å²) < 4.78 is 1.17. The van der Waals surface area contributed by atoms with E-state index in [-0.39, 0.29) is 5.41 Å². The molecule has 1 aliphatic heterocycles. The second-order valence-electron chi connectivity index (χ2n) is 4.49. The van der Waals surface area contributed by atoms with Gasteiger partial charge in [-0.05, 0) is 46.5 Å². The Morgan fingerprint density at radius 1 is 1.57 bits per heavy atom. The van der Waals surface area contributed by atoms with E-state index in [0.29, 0.717) is 6.04 Å². The summed E-state index contributed by atoms with van der Waals surface area (Å²) in [6.07, 6.45) is 1.13. The number of hydrogen-bond acceptors (Lipinski definition) is 2. The Bertz CT molecular complexity index is 416. The van der Waals surface area contributed by atoms with Crippen LogP contribution in [0.3, 0.4) is 0 Å². The molecule has 1 spiro atoms. The van der Waals surface area contributed by atoms with Gasteiger partial charge < -0.3 is 11.1 Å². The van der Waals surface area contributed by atoms with Gasteiger partial charge in [-0.2, -0.15) is 0 Å². The summed E-state index contributed by atoms with van der Waals surface area (Å²) in [5, 5.41) is 3.45. The lowest BCUT2D eigenvalue weighted by atomic mass is 9.96. The molecule has 3 rings (SSSR count). The first kappa shape index (κ1) is 8.74. The molecule has 0 saturated heterocycles. The topological polar surface area (TPSA) is 38.0 Å². The zero-order valence-electron chi connectivity index (χ0n) is 8.10. The number of aryl methyl sites for hydroxylation is 1. The van der Waals surface area contributed by atoms with Gasteiger partial charge in [-0.1, -0.05) is 6.07 Å². The first-order valence-electron chi connectivity index (χ1n) is 4.93. The predicted molar refractivity (Wildman–Crippen MR) is 61.6 cm³/mol. The first-order chi connectivity index (χ1) is 6.63. The fraction of sp³-hybridized carbons (Fsp3) is 0.455. The quantitative estimate of drug-likeness (QED) is 0.743. The summed E-state index contributed by atoms with van der Waals surface area (Å²) in [6, 6.07) is 4.77. The number of rotatable bonds is 0. The van der Waals surface area contributed by atoms with E-state index in [0.717, 1.165) is 13.0 Å². The van der Waals surface area contributed by atoms with Crippen LogP contribution >= 0.6 is 15.9 Å². The monoisotopic (exact) mass is 252 g/mol. The highest BCUT2D eigenvalue weighted by Gasteiger charge is 2.57.